The van der Waals surface area contributed by atoms with Crippen molar-refractivity contribution in [2.24, 2.45) is 0 Å². The first-order chi connectivity index (χ1) is 15.2. The number of alkyl halides is 3. The van der Waals surface area contributed by atoms with Crippen molar-refractivity contribution in [3.63, 3.8) is 0 Å². The Morgan fingerprint density at radius 2 is 2.03 bits per heavy atom. The van der Waals surface area contributed by atoms with Crippen LogP contribution in [-0.4, -0.2) is 35.0 Å². The Morgan fingerprint density at radius 3 is 2.70 bits per heavy atom. The van der Waals surface area contributed by atoms with Crippen LogP contribution in [0.2, 0.25) is 0 Å². The molecule has 0 spiro atoms. The lowest BCUT2D eigenvalue weighted by Gasteiger charge is -2.34. The Kier molecular flexibility index (Phi) is 9.16. The standard InChI is InChI=1S/C22H29F3N6O.ClH/c1-3-4-6-15-12-20(31-10-5-7-17(13-31)27-14(2)32)30-21(28-15)29-16-8-9-19(26)18(11-16)22(23,24)25;/h8-9,11-12,17H,3-7,10,13,26H2,1-2H3,(H,27,32)(H,28,29,30);1H. The summed E-state index contributed by atoms with van der Waals surface area (Å²) in [6, 6.07) is 5.60. The number of carbonyl (C=O) groups excluding carboxylic acids is 1. The number of rotatable bonds is 7. The molecule has 1 atom stereocenters. The summed E-state index contributed by atoms with van der Waals surface area (Å²) >= 11 is 0. The van der Waals surface area contributed by atoms with E-state index in [9.17, 15) is 18.0 Å². The molecule has 2 heterocycles. The third-order valence-electron chi connectivity index (χ3n) is 5.32. The molecule has 3 rings (SSSR count). The number of nitrogens with one attached hydrogen (secondary N) is 2. The summed E-state index contributed by atoms with van der Waals surface area (Å²) in [4.78, 5) is 22.6. The second kappa shape index (κ2) is 11.4. The van der Waals surface area contributed by atoms with Gasteiger partial charge in [0.15, 0.2) is 0 Å². The Labute approximate surface area is 197 Å². The molecule has 11 heteroatoms. The summed E-state index contributed by atoms with van der Waals surface area (Å²) in [5.41, 5.74) is 5.28. The number of amides is 1. The van der Waals surface area contributed by atoms with Crippen LogP contribution >= 0.6 is 12.4 Å². The van der Waals surface area contributed by atoms with Gasteiger partial charge in [-0.2, -0.15) is 18.2 Å². The minimum Gasteiger partial charge on any atom is -0.398 e. The van der Waals surface area contributed by atoms with Crippen molar-refractivity contribution in [2.45, 2.75) is 58.2 Å². The van der Waals surface area contributed by atoms with Gasteiger partial charge in [-0.25, -0.2) is 4.98 Å². The quantitative estimate of drug-likeness (QED) is 0.491. The molecule has 1 aliphatic rings. The van der Waals surface area contributed by atoms with Crippen LogP contribution in [0.1, 0.15) is 50.8 Å². The highest BCUT2D eigenvalue weighted by Crippen LogP contribution is 2.35. The number of aryl methyl sites for hydroxylation is 1. The highest BCUT2D eigenvalue weighted by molar-refractivity contribution is 5.85. The molecule has 1 amide bonds. The number of nitrogen functional groups attached to an aromatic ring is 1. The topological polar surface area (TPSA) is 96.2 Å². The van der Waals surface area contributed by atoms with Gasteiger partial charge >= 0.3 is 6.18 Å². The first-order valence-electron chi connectivity index (χ1n) is 10.8. The lowest BCUT2D eigenvalue weighted by Crippen LogP contribution is -2.47. The van der Waals surface area contributed by atoms with Crippen molar-refractivity contribution in [3.05, 3.63) is 35.5 Å². The predicted octanol–water partition coefficient (Wildman–Crippen LogP) is 4.69. The SMILES string of the molecule is CCCCc1cc(N2CCCC(NC(C)=O)C2)nc(Nc2ccc(N)c(C(F)(F)F)c2)n1.Cl. The zero-order chi connectivity index (χ0) is 23.3. The second-order valence-electron chi connectivity index (χ2n) is 8.06. The number of carbonyl (C=O) groups is 1. The molecule has 1 saturated heterocycles. The number of aromatic nitrogens is 2. The fourth-order valence-corrected chi connectivity index (χ4v) is 3.79. The molecule has 7 nitrogen and oxygen atoms in total. The second-order valence-corrected chi connectivity index (χ2v) is 8.06. The Bertz CT molecular complexity index is 956. The van der Waals surface area contributed by atoms with Gasteiger partial charge in [0.1, 0.15) is 5.82 Å². The van der Waals surface area contributed by atoms with Crippen LogP contribution < -0.4 is 21.3 Å². The molecule has 1 unspecified atom stereocenters. The van der Waals surface area contributed by atoms with E-state index in [0.29, 0.717) is 12.4 Å². The van der Waals surface area contributed by atoms with Gasteiger partial charge in [-0.3, -0.25) is 4.79 Å². The maximum absolute atomic E-state index is 13.2. The smallest absolute Gasteiger partial charge is 0.398 e. The molecule has 4 N–H and O–H groups in total. The van der Waals surface area contributed by atoms with E-state index in [-0.39, 0.29) is 41.7 Å². The monoisotopic (exact) mass is 486 g/mol. The maximum Gasteiger partial charge on any atom is 0.418 e. The molecule has 182 valence electrons. The van der Waals surface area contributed by atoms with E-state index in [1.54, 1.807) is 0 Å². The number of unbranched alkanes of at least 4 members (excludes halogenated alkanes) is 1. The number of nitrogens with zero attached hydrogens (tertiary/aromatic N) is 3. The van der Waals surface area contributed by atoms with Crippen molar-refractivity contribution in [2.75, 3.05) is 29.0 Å². The number of hydrogen-bond donors (Lipinski definition) is 3. The van der Waals surface area contributed by atoms with Gasteiger partial charge in [-0.1, -0.05) is 13.3 Å². The lowest BCUT2D eigenvalue weighted by molar-refractivity contribution is -0.136. The van der Waals surface area contributed by atoms with Gasteiger partial charge in [-0.15, -0.1) is 12.4 Å². The Hall–Kier alpha value is -2.75. The van der Waals surface area contributed by atoms with Crippen molar-refractivity contribution in [1.82, 2.24) is 15.3 Å². The van der Waals surface area contributed by atoms with E-state index in [4.69, 9.17) is 5.73 Å². The molecular weight excluding hydrogens is 457 g/mol. The van der Waals surface area contributed by atoms with Crippen LogP contribution in [0.3, 0.4) is 0 Å². The van der Waals surface area contributed by atoms with Crippen molar-refractivity contribution < 1.29 is 18.0 Å². The zero-order valence-corrected chi connectivity index (χ0v) is 19.5. The van der Waals surface area contributed by atoms with Crippen LogP contribution in [-0.2, 0) is 17.4 Å². The van der Waals surface area contributed by atoms with Crippen molar-refractivity contribution in [3.8, 4) is 0 Å². The fraction of sp³-hybridized carbons (Fsp3) is 0.500. The molecule has 1 aromatic heterocycles. The van der Waals surface area contributed by atoms with Crippen LogP contribution in [0.15, 0.2) is 24.3 Å². The van der Waals surface area contributed by atoms with Crippen LogP contribution in [0, 0.1) is 0 Å². The molecule has 0 aliphatic carbocycles. The van der Waals surface area contributed by atoms with E-state index in [1.165, 1.54) is 19.1 Å². The number of anilines is 4. The first-order valence-corrected chi connectivity index (χ1v) is 10.8. The fourth-order valence-electron chi connectivity index (χ4n) is 3.79. The average Bonchev–Trinajstić information content (AvgIpc) is 2.72. The third kappa shape index (κ3) is 7.38. The van der Waals surface area contributed by atoms with Gasteiger partial charge in [0.05, 0.1) is 5.56 Å². The van der Waals surface area contributed by atoms with E-state index in [2.05, 4.69) is 32.4 Å². The Balaban J connectivity index is 0.00000385. The van der Waals surface area contributed by atoms with Gasteiger partial charge in [-0.05, 0) is 43.9 Å². The van der Waals surface area contributed by atoms with Crippen molar-refractivity contribution in [1.29, 1.82) is 0 Å². The van der Waals surface area contributed by atoms with Gasteiger partial charge in [0, 0.05) is 49.2 Å². The lowest BCUT2D eigenvalue weighted by atomic mass is 10.1. The molecule has 0 saturated carbocycles. The predicted molar refractivity (Wildman–Crippen MR) is 126 cm³/mol. The highest BCUT2D eigenvalue weighted by atomic mass is 35.5. The average molecular weight is 487 g/mol. The van der Waals surface area contributed by atoms with E-state index in [0.717, 1.165) is 50.4 Å². The molecular formula is C22H30ClF3N6O. The third-order valence-corrected chi connectivity index (χ3v) is 5.32. The van der Waals surface area contributed by atoms with Gasteiger partial charge in [0.2, 0.25) is 11.9 Å². The molecule has 2 aromatic rings. The number of benzene rings is 1. The number of piperidine rings is 1. The largest absolute Gasteiger partial charge is 0.418 e. The number of hydrogen-bond acceptors (Lipinski definition) is 6. The van der Waals surface area contributed by atoms with Gasteiger partial charge < -0.3 is 21.3 Å². The molecule has 1 fully saturated rings. The molecule has 1 aromatic carbocycles. The summed E-state index contributed by atoms with van der Waals surface area (Å²) in [5.74, 6) is 0.845. The molecule has 0 bridgehead atoms. The summed E-state index contributed by atoms with van der Waals surface area (Å²) < 4.78 is 39.7. The molecule has 1 aliphatic heterocycles. The minimum atomic E-state index is -4.55. The summed E-state index contributed by atoms with van der Waals surface area (Å²) in [6.45, 7) is 4.97. The van der Waals surface area contributed by atoms with Crippen LogP contribution in [0.25, 0.3) is 0 Å². The van der Waals surface area contributed by atoms with Crippen LogP contribution in [0.5, 0.6) is 0 Å². The normalized spacial score (nSPS) is 16.2. The summed E-state index contributed by atoms with van der Waals surface area (Å²) in [5, 5.41) is 5.86. The number of halogens is 4. The molecule has 0 radical (unpaired) electrons. The maximum atomic E-state index is 13.2. The first kappa shape index (κ1) is 26.5. The highest BCUT2D eigenvalue weighted by Gasteiger charge is 2.33. The minimum absolute atomic E-state index is 0. The van der Waals surface area contributed by atoms with Gasteiger partial charge in [0.25, 0.3) is 0 Å². The summed E-state index contributed by atoms with van der Waals surface area (Å²) in [6.07, 6.45) is -0.105. The zero-order valence-electron chi connectivity index (χ0n) is 18.7. The number of nitrogens with two attached hydrogens (primary N) is 1. The van der Waals surface area contributed by atoms with E-state index < -0.39 is 11.7 Å². The molecule has 33 heavy (non-hydrogen) atoms. The van der Waals surface area contributed by atoms with E-state index in [1.807, 2.05) is 6.07 Å². The van der Waals surface area contributed by atoms with E-state index >= 15 is 0 Å². The van der Waals surface area contributed by atoms with Crippen LogP contribution in [0.4, 0.5) is 36.3 Å². The van der Waals surface area contributed by atoms with Crippen molar-refractivity contribution >= 4 is 41.5 Å². The Morgan fingerprint density at radius 1 is 1.27 bits per heavy atom. The summed E-state index contributed by atoms with van der Waals surface area (Å²) in [7, 11) is 0.